The second-order valence-corrected chi connectivity index (χ2v) is 5.10. The van der Waals surface area contributed by atoms with Crippen LogP contribution in [0.5, 0.6) is 0 Å². The van der Waals surface area contributed by atoms with Gasteiger partial charge in [0, 0.05) is 23.6 Å². The van der Waals surface area contributed by atoms with Crippen molar-refractivity contribution in [2.24, 2.45) is 11.1 Å². The molecule has 2 nitrogen and oxygen atoms in total. The van der Waals surface area contributed by atoms with Crippen molar-refractivity contribution in [3.63, 3.8) is 0 Å². The van der Waals surface area contributed by atoms with Crippen molar-refractivity contribution in [3.05, 3.63) is 34.9 Å². The van der Waals surface area contributed by atoms with Crippen molar-refractivity contribution in [2.75, 3.05) is 19.8 Å². The number of rotatable bonds is 3. The molecule has 0 spiro atoms. The second-order valence-electron chi connectivity index (χ2n) is 4.67. The molecule has 2 N–H and O–H groups in total. The highest BCUT2D eigenvalue weighted by Crippen LogP contribution is 2.32. The first kappa shape index (κ1) is 11.9. The first-order valence-electron chi connectivity index (χ1n) is 5.76. The van der Waals surface area contributed by atoms with Gasteiger partial charge in [-0.2, -0.15) is 0 Å². The van der Waals surface area contributed by atoms with Crippen molar-refractivity contribution < 1.29 is 4.74 Å². The molecule has 1 unspecified atom stereocenters. The van der Waals surface area contributed by atoms with E-state index in [9.17, 15) is 0 Å². The number of hydrogen-bond acceptors (Lipinski definition) is 2. The zero-order valence-corrected chi connectivity index (χ0v) is 10.2. The van der Waals surface area contributed by atoms with Gasteiger partial charge in [0.15, 0.2) is 0 Å². The van der Waals surface area contributed by atoms with Crippen LogP contribution in [0.1, 0.15) is 18.4 Å². The van der Waals surface area contributed by atoms with Gasteiger partial charge in [-0.05, 0) is 37.0 Å². The second kappa shape index (κ2) is 5.17. The highest BCUT2D eigenvalue weighted by molar-refractivity contribution is 6.30. The molecule has 16 heavy (non-hydrogen) atoms. The van der Waals surface area contributed by atoms with Gasteiger partial charge in [-0.3, -0.25) is 0 Å². The largest absolute Gasteiger partial charge is 0.381 e. The fourth-order valence-corrected chi connectivity index (χ4v) is 2.58. The van der Waals surface area contributed by atoms with Crippen LogP contribution in [0.2, 0.25) is 5.02 Å². The maximum atomic E-state index is 5.99. The van der Waals surface area contributed by atoms with Crippen LogP contribution < -0.4 is 5.73 Å². The maximum absolute atomic E-state index is 5.99. The molecule has 0 bridgehead atoms. The Morgan fingerprint density at radius 2 is 2.31 bits per heavy atom. The fourth-order valence-electron chi connectivity index (χ4n) is 2.36. The zero-order valence-electron chi connectivity index (χ0n) is 9.42. The zero-order chi connectivity index (χ0) is 11.4. The average Bonchev–Trinajstić information content (AvgIpc) is 2.30. The molecule has 1 aliphatic rings. The third-order valence-electron chi connectivity index (χ3n) is 3.31. The number of ether oxygens (including phenoxy) is 1. The van der Waals surface area contributed by atoms with E-state index < -0.39 is 0 Å². The molecule has 88 valence electrons. The van der Waals surface area contributed by atoms with Crippen molar-refractivity contribution in [3.8, 4) is 0 Å². The molecule has 3 heteroatoms. The topological polar surface area (TPSA) is 35.2 Å². The summed E-state index contributed by atoms with van der Waals surface area (Å²) in [5.74, 6) is 0. The lowest BCUT2D eigenvalue weighted by molar-refractivity contribution is -0.00263. The lowest BCUT2D eigenvalue weighted by Gasteiger charge is -2.36. The molecule has 1 aliphatic heterocycles. The summed E-state index contributed by atoms with van der Waals surface area (Å²) in [5, 5.41) is 0.793. The van der Waals surface area contributed by atoms with Crippen molar-refractivity contribution in [1.29, 1.82) is 0 Å². The summed E-state index contributed by atoms with van der Waals surface area (Å²) in [4.78, 5) is 0. The quantitative estimate of drug-likeness (QED) is 0.880. The van der Waals surface area contributed by atoms with Crippen molar-refractivity contribution >= 4 is 11.6 Å². The van der Waals surface area contributed by atoms with E-state index in [1.54, 1.807) is 0 Å². The maximum Gasteiger partial charge on any atom is 0.0537 e. The Morgan fingerprint density at radius 3 is 2.94 bits per heavy atom. The van der Waals surface area contributed by atoms with E-state index in [2.05, 4.69) is 6.07 Å². The number of halogens is 1. The van der Waals surface area contributed by atoms with Crippen LogP contribution in [0.4, 0.5) is 0 Å². The van der Waals surface area contributed by atoms with Gasteiger partial charge < -0.3 is 10.5 Å². The predicted octanol–water partition coefficient (Wildman–Crippen LogP) is 2.64. The molecule has 0 amide bonds. The monoisotopic (exact) mass is 239 g/mol. The van der Waals surface area contributed by atoms with Gasteiger partial charge in [-0.1, -0.05) is 23.7 Å². The number of hydrogen-bond donors (Lipinski definition) is 1. The van der Waals surface area contributed by atoms with E-state index in [0.717, 1.165) is 37.5 Å². The first-order valence-corrected chi connectivity index (χ1v) is 6.14. The van der Waals surface area contributed by atoms with E-state index in [-0.39, 0.29) is 5.41 Å². The Hall–Kier alpha value is -0.570. The summed E-state index contributed by atoms with van der Waals surface area (Å²) >= 11 is 5.99. The summed E-state index contributed by atoms with van der Waals surface area (Å²) in [6, 6.07) is 8.02. The van der Waals surface area contributed by atoms with E-state index >= 15 is 0 Å². The summed E-state index contributed by atoms with van der Waals surface area (Å²) in [6.45, 7) is 2.33. The summed E-state index contributed by atoms with van der Waals surface area (Å²) in [7, 11) is 0. The Kier molecular flexibility index (Phi) is 3.85. The molecule has 1 atom stereocenters. The molecule has 1 fully saturated rings. The molecule has 1 aromatic rings. The molecular formula is C13H18ClNO. The van der Waals surface area contributed by atoms with Crippen molar-refractivity contribution in [2.45, 2.75) is 19.3 Å². The van der Waals surface area contributed by atoms with Crippen LogP contribution >= 0.6 is 11.6 Å². The average molecular weight is 240 g/mol. The summed E-state index contributed by atoms with van der Waals surface area (Å²) in [5.41, 5.74) is 7.28. The number of benzene rings is 1. The van der Waals surface area contributed by atoms with Crippen LogP contribution in [-0.4, -0.2) is 19.8 Å². The highest BCUT2D eigenvalue weighted by atomic mass is 35.5. The molecule has 0 aromatic heterocycles. The molecule has 1 heterocycles. The lowest BCUT2D eigenvalue weighted by atomic mass is 9.77. The number of nitrogens with two attached hydrogens (primary N) is 1. The Labute approximate surface area is 102 Å². The third-order valence-corrected chi connectivity index (χ3v) is 3.54. The molecule has 1 aromatic carbocycles. The van der Waals surface area contributed by atoms with Gasteiger partial charge in [-0.25, -0.2) is 0 Å². The van der Waals surface area contributed by atoms with E-state index in [0.29, 0.717) is 6.54 Å². The normalized spacial score (nSPS) is 25.6. The standard InChI is InChI=1S/C13H18ClNO/c14-12-4-1-3-11(7-12)8-13(9-15)5-2-6-16-10-13/h1,3-4,7H,2,5-6,8-10,15H2. The van der Waals surface area contributed by atoms with Gasteiger partial charge >= 0.3 is 0 Å². The van der Waals surface area contributed by atoms with Crippen LogP contribution in [0.15, 0.2) is 24.3 Å². The van der Waals surface area contributed by atoms with Crippen LogP contribution in [0.25, 0.3) is 0 Å². The molecule has 1 saturated heterocycles. The summed E-state index contributed by atoms with van der Waals surface area (Å²) < 4.78 is 5.57. The van der Waals surface area contributed by atoms with Crippen LogP contribution in [0, 0.1) is 5.41 Å². The van der Waals surface area contributed by atoms with E-state index in [1.165, 1.54) is 5.56 Å². The van der Waals surface area contributed by atoms with Crippen LogP contribution in [-0.2, 0) is 11.2 Å². The van der Waals surface area contributed by atoms with E-state index in [4.69, 9.17) is 22.1 Å². The molecule has 0 saturated carbocycles. The smallest absolute Gasteiger partial charge is 0.0537 e. The minimum atomic E-state index is 0.114. The molecule has 0 aliphatic carbocycles. The Balaban J connectivity index is 2.11. The third kappa shape index (κ3) is 2.76. The predicted molar refractivity (Wildman–Crippen MR) is 66.7 cm³/mol. The minimum Gasteiger partial charge on any atom is -0.381 e. The minimum absolute atomic E-state index is 0.114. The fraction of sp³-hybridized carbons (Fsp3) is 0.538. The summed E-state index contributed by atoms with van der Waals surface area (Å²) in [6.07, 6.45) is 3.22. The van der Waals surface area contributed by atoms with E-state index in [1.807, 2.05) is 18.2 Å². The van der Waals surface area contributed by atoms with Gasteiger partial charge in [0.1, 0.15) is 0 Å². The van der Waals surface area contributed by atoms with Gasteiger partial charge in [0.2, 0.25) is 0 Å². The SMILES string of the molecule is NCC1(Cc2cccc(Cl)c2)CCCOC1. The molecule has 0 radical (unpaired) electrons. The van der Waals surface area contributed by atoms with Gasteiger partial charge in [-0.15, -0.1) is 0 Å². The first-order chi connectivity index (χ1) is 7.74. The molecule has 2 rings (SSSR count). The lowest BCUT2D eigenvalue weighted by Crippen LogP contribution is -2.40. The van der Waals surface area contributed by atoms with Crippen molar-refractivity contribution in [1.82, 2.24) is 0 Å². The van der Waals surface area contributed by atoms with Gasteiger partial charge in [0.05, 0.1) is 6.61 Å². The highest BCUT2D eigenvalue weighted by Gasteiger charge is 2.31. The Bertz CT molecular complexity index is 348. The van der Waals surface area contributed by atoms with Gasteiger partial charge in [0.25, 0.3) is 0 Å². The Morgan fingerprint density at radius 1 is 1.44 bits per heavy atom. The molecular weight excluding hydrogens is 222 g/mol. The van der Waals surface area contributed by atoms with Crippen LogP contribution in [0.3, 0.4) is 0 Å².